The van der Waals surface area contributed by atoms with Gasteiger partial charge in [-0.05, 0) is 43.4 Å². The second kappa shape index (κ2) is 6.95. The summed E-state index contributed by atoms with van der Waals surface area (Å²) in [5.74, 6) is 0.921. The van der Waals surface area contributed by atoms with Crippen LogP contribution in [0, 0.1) is 5.92 Å². The molecule has 1 aromatic carbocycles. The summed E-state index contributed by atoms with van der Waals surface area (Å²) < 4.78 is 5.60. The predicted octanol–water partition coefficient (Wildman–Crippen LogP) is 2.60. The largest absolute Gasteiger partial charge is 0.493 e. The molecule has 110 valence electrons. The van der Waals surface area contributed by atoms with E-state index in [1.54, 1.807) is 18.2 Å². The van der Waals surface area contributed by atoms with E-state index in [0.29, 0.717) is 35.4 Å². The number of hydrogen-bond donors (Lipinski definition) is 2. The van der Waals surface area contributed by atoms with Crippen LogP contribution in [0.1, 0.15) is 36.5 Å². The SMILES string of the molecule is CCCOc1ccc(Cl)cc1C(=O)NC(CN)C1CC1. The Bertz CT molecular complexity index is 475. The third-order valence-electron chi connectivity index (χ3n) is 3.41. The van der Waals surface area contributed by atoms with Crippen LogP contribution in [0.15, 0.2) is 18.2 Å². The number of ether oxygens (including phenoxy) is 1. The van der Waals surface area contributed by atoms with E-state index in [9.17, 15) is 4.79 Å². The lowest BCUT2D eigenvalue weighted by molar-refractivity contribution is 0.0929. The van der Waals surface area contributed by atoms with E-state index in [4.69, 9.17) is 22.1 Å². The lowest BCUT2D eigenvalue weighted by Crippen LogP contribution is -2.41. The van der Waals surface area contributed by atoms with Crippen LogP contribution in [-0.2, 0) is 0 Å². The summed E-state index contributed by atoms with van der Waals surface area (Å²) in [6.45, 7) is 3.06. The minimum atomic E-state index is -0.166. The number of nitrogens with one attached hydrogen (secondary N) is 1. The van der Waals surface area contributed by atoms with E-state index in [1.807, 2.05) is 6.92 Å². The van der Waals surface area contributed by atoms with Crippen molar-refractivity contribution < 1.29 is 9.53 Å². The fourth-order valence-corrected chi connectivity index (χ4v) is 2.30. The maximum Gasteiger partial charge on any atom is 0.255 e. The first kappa shape index (κ1) is 15.1. The Kier molecular flexibility index (Phi) is 5.26. The van der Waals surface area contributed by atoms with E-state index in [2.05, 4.69) is 5.32 Å². The predicted molar refractivity (Wildman–Crippen MR) is 80.3 cm³/mol. The molecule has 0 aromatic heterocycles. The van der Waals surface area contributed by atoms with Crippen LogP contribution in [0.3, 0.4) is 0 Å². The van der Waals surface area contributed by atoms with Gasteiger partial charge >= 0.3 is 0 Å². The molecule has 1 atom stereocenters. The van der Waals surface area contributed by atoms with E-state index >= 15 is 0 Å². The van der Waals surface area contributed by atoms with Gasteiger partial charge in [0.25, 0.3) is 5.91 Å². The third-order valence-corrected chi connectivity index (χ3v) is 3.64. The second-order valence-electron chi connectivity index (χ2n) is 5.14. The summed E-state index contributed by atoms with van der Waals surface area (Å²) in [4.78, 5) is 12.4. The van der Waals surface area contributed by atoms with E-state index in [0.717, 1.165) is 19.3 Å². The average Bonchev–Trinajstić information content (AvgIpc) is 3.27. The molecule has 0 aliphatic heterocycles. The number of carbonyl (C=O) groups is 1. The van der Waals surface area contributed by atoms with Crippen LogP contribution in [0.2, 0.25) is 5.02 Å². The zero-order valence-electron chi connectivity index (χ0n) is 11.7. The van der Waals surface area contributed by atoms with Crippen molar-refractivity contribution in [3.63, 3.8) is 0 Å². The molecule has 1 aromatic rings. The van der Waals surface area contributed by atoms with Gasteiger partial charge in [-0.3, -0.25) is 4.79 Å². The van der Waals surface area contributed by atoms with Gasteiger partial charge < -0.3 is 15.8 Å². The molecule has 20 heavy (non-hydrogen) atoms. The molecule has 5 heteroatoms. The summed E-state index contributed by atoms with van der Waals surface area (Å²) in [6.07, 6.45) is 3.16. The van der Waals surface area contributed by atoms with Crippen LogP contribution in [0.4, 0.5) is 0 Å². The standard InChI is InChI=1S/C15H21ClN2O2/c1-2-7-20-14-6-5-11(16)8-12(14)15(19)18-13(9-17)10-3-4-10/h5-6,8,10,13H,2-4,7,9,17H2,1H3,(H,18,19). The average molecular weight is 297 g/mol. The topological polar surface area (TPSA) is 64.3 Å². The van der Waals surface area contributed by atoms with Gasteiger partial charge in [-0.25, -0.2) is 0 Å². The van der Waals surface area contributed by atoms with Gasteiger partial charge in [-0.15, -0.1) is 0 Å². The Labute approximate surface area is 124 Å². The molecule has 1 fully saturated rings. The van der Waals surface area contributed by atoms with Crippen molar-refractivity contribution in [1.29, 1.82) is 0 Å². The highest BCUT2D eigenvalue weighted by Gasteiger charge is 2.31. The number of nitrogens with two attached hydrogens (primary N) is 1. The van der Waals surface area contributed by atoms with E-state index in [1.165, 1.54) is 0 Å². The highest BCUT2D eigenvalue weighted by atomic mass is 35.5. The van der Waals surface area contributed by atoms with Crippen LogP contribution < -0.4 is 15.8 Å². The minimum absolute atomic E-state index is 0.0421. The van der Waals surface area contributed by atoms with Crippen molar-refractivity contribution in [3.8, 4) is 5.75 Å². The first-order valence-electron chi connectivity index (χ1n) is 7.09. The first-order valence-corrected chi connectivity index (χ1v) is 7.46. The normalized spacial score (nSPS) is 15.8. The molecule has 0 saturated heterocycles. The van der Waals surface area contributed by atoms with Crippen LogP contribution in [0.5, 0.6) is 5.75 Å². The molecule has 1 aliphatic carbocycles. The van der Waals surface area contributed by atoms with Crippen LogP contribution in [0.25, 0.3) is 0 Å². The number of halogens is 1. The molecular weight excluding hydrogens is 276 g/mol. The molecule has 2 rings (SSSR count). The smallest absolute Gasteiger partial charge is 0.255 e. The molecule has 0 bridgehead atoms. The van der Waals surface area contributed by atoms with Crippen molar-refractivity contribution in [2.24, 2.45) is 11.7 Å². The highest BCUT2D eigenvalue weighted by Crippen LogP contribution is 2.32. The lowest BCUT2D eigenvalue weighted by atomic mass is 10.1. The fourth-order valence-electron chi connectivity index (χ4n) is 2.13. The fraction of sp³-hybridized carbons (Fsp3) is 0.533. The second-order valence-corrected chi connectivity index (χ2v) is 5.58. The van der Waals surface area contributed by atoms with Gasteiger partial charge in [0.1, 0.15) is 5.75 Å². The number of benzene rings is 1. The number of rotatable bonds is 7. The molecule has 1 unspecified atom stereocenters. The van der Waals surface area contributed by atoms with Crippen molar-refractivity contribution in [2.75, 3.05) is 13.2 Å². The summed E-state index contributed by atoms with van der Waals surface area (Å²) in [5.41, 5.74) is 6.19. The van der Waals surface area contributed by atoms with Gasteiger partial charge in [-0.1, -0.05) is 18.5 Å². The van der Waals surface area contributed by atoms with Gasteiger partial charge in [0.15, 0.2) is 0 Å². The Morgan fingerprint density at radius 3 is 2.90 bits per heavy atom. The van der Waals surface area contributed by atoms with Crippen LogP contribution in [-0.4, -0.2) is 25.1 Å². The first-order chi connectivity index (χ1) is 9.65. The zero-order valence-corrected chi connectivity index (χ0v) is 12.5. The highest BCUT2D eigenvalue weighted by molar-refractivity contribution is 6.31. The maximum absolute atomic E-state index is 12.4. The third kappa shape index (κ3) is 3.87. The Hall–Kier alpha value is -1.26. The summed E-state index contributed by atoms with van der Waals surface area (Å²) in [5, 5.41) is 3.51. The van der Waals surface area contributed by atoms with Gasteiger partial charge in [0.05, 0.1) is 12.2 Å². The van der Waals surface area contributed by atoms with Crippen molar-refractivity contribution in [3.05, 3.63) is 28.8 Å². The summed E-state index contributed by atoms with van der Waals surface area (Å²) in [7, 11) is 0. The monoisotopic (exact) mass is 296 g/mol. The van der Waals surface area contributed by atoms with E-state index < -0.39 is 0 Å². The maximum atomic E-state index is 12.4. The molecule has 1 saturated carbocycles. The van der Waals surface area contributed by atoms with Crippen molar-refractivity contribution in [1.82, 2.24) is 5.32 Å². The Morgan fingerprint density at radius 2 is 2.30 bits per heavy atom. The van der Waals surface area contributed by atoms with Crippen molar-refractivity contribution in [2.45, 2.75) is 32.2 Å². The molecule has 0 spiro atoms. The quantitative estimate of drug-likeness (QED) is 0.813. The summed E-state index contributed by atoms with van der Waals surface area (Å²) in [6, 6.07) is 5.15. The molecule has 1 aliphatic rings. The van der Waals surface area contributed by atoms with Gasteiger partial charge in [0, 0.05) is 17.6 Å². The number of amides is 1. The van der Waals surface area contributed by atoms with Crippen molar-refractivity contribution >= 4 is 17.5 Å². The lowest BCUT2D eigenvalue weighted by Gasteiger charge is -2.17. The van der Waals surface area contributed by atoms with Crippen LogP contribution >= 0.6 is 11.6 Å². The van der Waals surface area contributed by atoms with E-state index in [-0.39, 0.29) is 11.9 Å². The molecular formula is C15H21ClN2O2. The zero-order chi connectivity index (χ0) is 14.5. The number of hydrogen-bond acceptors (Lipinski definition) is 3. The molecule has 0 radical (unpaired) electrons. The van der Waals surface area contributed by atoms with Gasteiger partial charge in [-0.2, -0.15) is 0 Å². The minimum Gasteiger partial charge on any atom is -0.493 e. The molecule has 0 heterocycles. The Balaban J connectivity index is 2.12. The number of carbonyl (C=O) groups excluding carboxylic acids is 1. The Morgan fingerprint density at radius 1 is 1.55 bits per heavy atom. The molecule has 4 nitrogen and oxygen atoms in total. The summed E-state index contributed by atoms with van der Waals surface area (Å²) >= 11 is 5.98. The molecule has 3 N–H and O–H groups in total. The van der Waals surface area contributed by atoms with Gasteiger partial charge in [0.2, 0.25) is 0 Å². The molecule has 1 amide bonds.